The molecular formula is C24H20F3N3O5. The molecule has 1 aliphatic carbocycles. The van der Waals surface area contributed by atoms with E-state index in [0.29, 0.717) is 12.0 Å². The molecule has 0 spiro atoms. The van der Waals surface area contributed by atoms with Crippen LogP contribution in [0.1, 0.15) is 36.3 Å². The van der Waals surface area contributed by atoms with E-state index in [1.807, 2.05) is 0 Å². The molecule has 0 amide bonds. The zero-order chi connectivity index (χ0) is 25.5. The number of nitro groups is 1. The van der Waals surface area contributed by atoms with E-state index in [1.165, 1.54) is 42.5 Å². The first kappa shape index (κ1) is 24.0. The maximum atomic E-state index is 13.9. The number of anilines is 1. The number of nitrogens with zero attached hydrogens (tertiary/aromatic N) is 2. The molecule has 2 aromatic rings. The zero-order valence-electron chi connectivity index (χ0n) is 18.5. The Morgan fingerprint density at radius 3 is 2.40 bits per heavy atom. The van der Waals surface area contributed by atoms with Gasteiger partial charge in [0.15, 0.2) is 5.78 Å². The maximum absolute atomic E-state index is 13.9. The number of hydrogen-bond acceptors (Lipinski definition) is 7. The molecule has 0 radical (unpaired) electrons. The largest absolute Gasteiger partial charge is 0.466 e. The molecule has 0 saturated carbocycles. The molecule has 11 heteroatoms. The smallest absolute Gasteiger partial charge is 0.418 e. The SMILES string of the molecule is COC(=O)C1=C(N)N(c2ccccc2C(F)(F)F)C2=C(C(=O)CCC2)[C@H]1c1ccc([N+](=O)[O-])cc1. The van der Waals surface area contributed by atoms with E-state index in [0.717, 1.165) is 18.1 Å². The number of Topliss-reactive ketones (excluding diaryl/α,β-unsaturated/α-hetero) is 1. The Morgan fingerprint density at radius 2 is 1.80 bits per heavy atom. The summed E-state index contributed by atoms with van der Waals surface area (Å²) in [7, 11) is 1.09. The fourth-order valence-corrected chi connectivity index (χ4v) is 4.60. The summed E-state index contributed by atoms with van der Waals surface area (Å²) in [6, 6.07) is 9.99. The number of nitro benzene ring substituents is 1. The summed E-state index contributed by atoms with van der Waals surface area (Å²) in [5, 5.41) is 11.1. The van der Waals surface area contributed by atoms with Gasteiger partial charge in [0, 0.05) is 29.8 Å². The molecule has 0 fully saturated rings. The Kier molecular flexibility index (Phi) is 6.10. The highest BCUT2D eigenvalue weighted by Crippen LogP contribution is 2.49. The Labute approximate surface area is 197 Å². The summed E-state index contributed by atoms with van der Waals surface area (Å²) in [6.07, 6.45) is -3.97. The van der Waals surface area contributed by atoms with Crippen molar-refractivity contribution in [1.29, 1.82) is 0 Å². The first-order chi connectivity index (χ1) is 16.6. The summed E-state index contributed by atoms with van der Waals surface area (Å²) in [4.78, 5) is 37.7. The second kappa shape index (κ2) is 8.90. The number of esters is 1. The predicted octanol–water partition coefficient (Wildman–Crippen LogP) is 4.57. The molecule has 2 N–H and O–H groups in total. The van der Waals surface area contributed by atoms with E-state index in [2.05, 4.69) is 0 Å². The van der Waals surface area contributed by atoms with Crippen LogP contribution in [-0.2, 0) is 20.5 Å². The van der Waals surface area contributed by atoms with Crippen LogP contribution in [0.2, 0.25) is 0 Å². The maximum Gasteiger partial charge on any atom is 0.418 e. The Hall–Kier alpha value is -4.15. The quantitative estimate of drug-likeness (QED) is 0.382. The number of ether oxygens (including phenoxy) is 1. The third-order valence-corrected chi connectivity index (χ3v) is 6.09. The van der Waals surface area contributed by atoms with Crippen LogP contribution < -0.4 is 10.6 Å². The summed E-state index contributed by atoms with van der Waals surface area (Å²) < 4.78 is 46.6. The number of methoxy groups -OCH3 is 1. The molecule has 8 nitrogen and oxygen atoms in total. The molecule has 1 aliphatic heterocycles. The van der Waals surface area contributed by atoms with Gasteiger partial charge in [0.2, 0.25) is 0 Å². The zero-order valence-corrected chi connectivity index (χ0v) is 18.5. The van der Waals surface area contributed by atoms with Gasteiger partial charge in [0.1, 0.15) is 5.82 Å². The number of benzene rings is 2. The van der Waals surface area contributed by atoms with Gasteiger partial charge >= 0.3 is 12.1 Å². The van der Waals surface area contributed by atoms with Gasteiger partial charge in [-0.05, 0) is 30.5 Å². The lowest BCUT2D eigenvalue weighted by atomic mass is 9.75. The van der Waals surface area contributed by atoms with Gasteiger partial charge in [-0.25, -0.2) is 4.79 Å². The highest BCUT2D eigenvalue weighted by atomic mass is 19.4. The summed E-state index contributed by atoms with van der Waals surface area (Å²) in [6.45, 7) is 0. The highest BCUT2D eigenvalue weighted by Gasteiger charge is 2.45. The van der Waals surface area contributed by atoms with Gasteiger partial charge in [-0.1, -0.05) is 24.3 Å². The topological polar surface area (TPSA) is 116 Å². The number of carbonyl (C=O) groups excluding carboxylic acids is 2. The molecule has 1 atom stereocenters. The number of hydrogen-bond donors (Lipinski definition) is 1. The number of halogens is 3. The van der Waals surface area contributed by atoms with Crippen LogP contribution in [0.5, 0.6) is 0 Å². The van der Waals surface area contributed by atoms with Crippen LogP contribution in [0.25, 0.3) is 0 Å². The number of allylic oxidation sites excluding steroid dienone is 2. The standard InChI is InChI=1S/C24H20F3N3O5/c1-35-23(32)21-19(13-9-11-14(12-10-13)30(33)34)20-17(7-4-8-18(20)31)29(22(21)28)16-6-3-2-5-15(16)24(25,26)27/h2-3,5-6,9-12,19H,4,7-8,28H2,1H3/t19-/m1/s1. The molecule has 1 heterocycles. The summed E-state index contributed by atoms with van der Waals surface area (Å²) in [5.41, 5.74) is 5.40. The van der Waals surface area contributed by atoms with Gasteiger partial charge in [-0.3, -0.25) is 19.8 Å². The van der Waals surface area contributed by atoms with E-state index in [9.17, 15) is 32.9 Å². The lowest BCUT2D eigenvalue weighted by Crippen LogP contribution is -2.41. The molecular weight excluding hydrogens is 467 g/mol. The van der Waals surface area contributed by atoms with Crippen LogP contribution in [0.4, 0.5) is 24.5 Å². The lowest BCUT2D eigenvalue weighted by molar-refractivity contribution is -0.384. The number of non-ortho nitro benzene ring substituents is 1. The van der Waals surface area contributed by atoms with Gasteiger partial charge in [0.05, 0.1) is 34.8 Å². The molecule has 0 saturated heterocycles. The number of carbonyl (C=O) groups is 2. The van der Waals surface area contributed by atoms with Crippen LogP contribution in [0.3, 0.4) is 0 Å². The Balaban J connectivity index is 2.02. The highest BCUT2D eigenvalue weighted by molar-refractivity contribution is 6.05. The normalized spacial score (nSPS) is 18.5. The number of nitrogens with two attached hydrogens (primary N) is 1. The average Bonchev–Trinajstić information content (AvgIpc) is 2.82. The monoisotopic (exact) mass is 487 g/mol. The van der Waals surface area contributed by atoms with Crippen molar-refractivity contribution in [2.75, 3.05) is 12.0 Å². The minimum absolute atomic E-state index is 0.122. The van der Waals surface area contributed by atoms with E-state index in [4.69, 9.17) is 10.5 Å². The minimum Gasteiger partial charge on any atom is -0.466 e. The molecule has 4 rings (SSSR count). The summed E-state index contributed by atoms with van der Waals surface area (Å²) in [5.74, 6) is -2.63. The van der Waals surface area contributed by atoms with Gasteiger partial charge in [0.25, 0.3) is 5.69 Å². The van der Waals surface area contributed by atoms with Crippen LogP contribution in [-0.4, -0.2) is 23.8 Å². The fraction of sp³-hybridized carbons (Fsp3) is 0.250. The Morgan fingerprint density at radius 1 is 1.14 bits per heavy atom. The van der Waals surface area contributed by atoms with Crippen molar-refractivity contribution in [3.63, 3.8) is 0 Å². The second-order valence-electron chi connectivity index (χ2n) is 8.06. The number of para-hydroxylation sites is 1. The molecule has 35 heavy (non-hydrogen) atoms. The molecule has 2 aliphatic rings. The van der Waals surface area contributed by atoms with E-state index in [1.54, 1.807) is 0 Å². The molecule has 2 aromatic carbocycles. The third-order valence-electron chi connectivity index (χ3n) is 6.09. The fourth-order valence-electron chi connectivity index (χ4n) is 4.60. The van der Waals surface area contributed by atoms with Crippen molar-refractivity contribution in [2.24, 2.45) is 5.73 Å². The average molecular weight is 487 g/mol. The van der Waals surface area contributed by atoms with Gasteiger partial charge < -0.3 is 10.5 Å². The predicted molar refractivity (Wildman–Crippen MR) is 119 cm³/mol. The number of alkyl halides is 3. The number of rotatable bonds is 4. The summed E-state index contributed by atoms with van der Waals surface area (Å²) >= 11 is 0. The number of ketones is 1. The van der Waals surface area contributed by atoms with E-state index < -0.39 is 28.6 Å². The lowest BCUT2D eigenvalue weighted by Gasteiger charge is -2.41. The van der Waals surface area contributed by atoms with Crippen LogP contribution >= 0.6 is 0 Å². The van der Waals surface area contributed by atoms with Gasteiger partial charge in [-0.15, -0.1) is 0 Å². The van der Waals surface area contributed by atoms with E-state index in [-0.39, 0.29) is 52.7 Å². The molecule has 0 bridgehead atoms. The van der Waals surface area contributed by atoms with Crippen molar-refractivity contribution in [3.05, 3.63) is 92.4 Å². The van der Waals surface area contributed by atoms with Crippen LogP contribution in [0, 0.1) is 10.1 Å². The molecule has 0 aromatic heterocycles. The van der Waals surface area contributed by atoms with Crippen molar-refractivity contribution >= 4 is 23.1 Å². The van der Waals surface area contributed by atoms with Gasteiger partial charge in [-0.2, -0.15) is 13.2 Å². The molecule has 0 unspecified atom stereocenters. The first-order valence-electron chi connectivity index (χ1n) is 10.6. The van der Waals surface area contributed by atoms with Crippen molar-refractivity contribution in [3.8, 4) is 0 Å². The van der Waals surface area contributed by atoms with Crippen molar-refractivity contribution < 1.29 is 32.4 Å². The van der Waals surface area contributed by atoms with E-state index >= 15 is 0 Å². The van der Waals surface area contributed by atoms with Crippen molar-refractivity contribution in [2.45, 2.75) is 31.4 Å². The van der Waals surface area contributed by atoms with Crippen LogP contribution in [0.15, 0.2) is 71.2 Å². The second-order valence-corrected chi connectivity index (χ2v) is 8.06. The van der Waals surface area contributed by atoms with Crippen molar-refractivity contribution in [1.82, 2.24) is 0 Å². The first-order valence-corrected chi connectivity index (χ1v) is 10.6. The third kappa shape index (κ3) is 4.13. The molecule has 182 valence electrons. The minimum atomic E-state index is -4.73. The Bertz CT molecular complexity index is 1280.